The average molecular weight is 460 g/mol. The van der Waals surface area contributed by atoms with E-state index < -0.39 is 5.41 Å². The van der Waals surface area contributed by atoms with E-state index in [2.05, 4.69) is 12.6 Å². The molecule has 1 amide bonds. The minimum Gasteiger partial charge on any atom is -0.394 e. The SMILES string of the molecule is C=CC[C@@]1(C)CC(c2cccc(Cl)c2)[C@@H](c2ccc(Cl)cc2)N(C(CO)C(C)C)C1=O. The monoisotopic (exact) mass is 459 g/mol. The van der Waals surface area contributed by atoms with E-state index in [4.69, 9.17) is 23.2 Å². The van der Waals surface area contributed by atoms with Crippen LogP contribution >= 0.6 is 23.2 Å². The van der Waals surface area contributed by atoms with Gasteiger partial charge in [-0.2, -0.15) is 0 Å². The summed E-state index contributed by atoms with van der Waals surface area (Å²) < 4.78 is 0. The Kier molecular flexibility index (Phi) is 7.51. The molecule has 4 atom stereocenters. The van der Waals surface area contributed by atoms with Crippen LogP contribution in [0, 0.1) is 11.3 Å². The standard InChI is InChI=1S/C26H31Cl2NO2/c1-5-13-26(4)15-22(19-7-6-8-21(28)14-19)24(18-9-11-20(27)12-10-18)29(25(26)31)23(16-30)17(2)3/h5-12,14,17,22-24,30H,1,13,15-16H2,2-4H3/t22?,23?,24-,26+/m1/s1. The highest BCUT2D eigenvalue weighted by Gasteiger charge is 2.51. The second-order valence-electron chi connectivity index (χ2n) is 9.12. The zero-order chi connectivity index (χ0) is 22.8. The van der Waals surface area contributed by atoms with E-state index in [1.54, 1.807) is 0 Å². The van der Waals surface area contributed by atoms with Crippen LogP contribution in [0.2, 0.25) is 10.0 Å². The normalized spacial score (nSPS) is 25.0. The van der Waals surface area contributed by atoms with Crippen molar-refractivity contribution in [3.05, 3.63) is 82.4 Å². The Bertz CT molecular complexity index is 927. The first kappa shape index (κ1) is 23.8. The third-order valence-corrected chi connectivity index (χ3v) is 6.99. The zero-order valence-electron chi connectivity index (χ0n) is 18.4. The fourth-order valence-electron chi connectivity index (χ4n) is 4.87. The molecule has 1 fully saturated rings. The van der Waals surface area contributed by atoms with Crippen molar-refractivity contribution in [3.63, 3.8) is 0 Å². The number of likely N-dealkylation sites (tertiary alicyclic amines) is 1. The van der Waals surface area contributed by atoms with Crippen molar-refractivity contribution in [2.75, 3.05) is 6.61 Å². The summed E-state index contributed by atoms with van der Waals surface area (Å²) in [5.74, 6) is 0.156. The Hall–Kier alpha value is -1.81. The van der Waals surface area contributed by atoms with Crippen LogP contribution in [0.3, 0.4) is 0 Å². The summed E-state index contributed by atoms with van der Waals surface area (Å²) in [5.41, 5.74) is 1.48. The predicted octanol–water partition coefficient (Wildman–Crippen LogP) is 6.65. The van der Waals surface area contributed by atoms with Gasteiger partial charge in [-0.05, 0) is 54.2 Å². The fraction of sp³-hybridized carbons (Fsp3) is 0.423. The van der Waals surface area contributed by atoms with Gasteiger partial charge in [-0.1, -0.05) is 74.3 Å². The van der Waals surface area contributed by atoms with Crippen LogP contribution in [0.25, 0.3) is 0 Å². The zero-order valence-corrected chi connectivity index (χ0v) is 19.9. The molecule has 1 aliphatic heterocycles. The number of benzene rings is 2. The average Bonchev–Trinajstić information content (AvgIpc) is 2.72. The molecule has 1 aliphatic rings. The Morgan fingerprint density at radius 2 is 1.84 bits per heavy atom. The molecule has 3 nitrogen and oxygen atoms in total. The molecule has 0 aromatic heterocycles. The number of rotatable bonds is 7. The van der Waals surface area contributed by atoms with Gasteiger partial charge in [0, 0.05) is 16.0 Å². The quantitative estimate of drug-likeness (QED) is 0.470. The van der Waals surface area contributed by atoms with Crippen LogP contribution < -0.4 is 0 Å². The topological polar surface area (TPSA) is 40.5 Å². The number of carbonyl (C=O) groups excluding carboxylic acids is 1. The largest absolute Gasteiger partial charge is 0.394 e. The van der Waals surface area contributed by atoms with Gasteiger partial charge in [0.05, 0.1) is 24.1 Å². The molecule has 1 heterocycles. The van der Waals surface area contributed by atoms with E-state index in [1.807, 2.05) is 74.2 Å². The number of hydrogen-bond acceptors (Lipinski definition) is 2. The number of carbonyl (C=O) groups is 1. The lowest BCUT2D eigenvalue weighted by atomic mass is 9.66. The highest BCUT2D eigenvalue weighted by Crippen LogP contribution is 2.52. The van der Waals surface area contributed by atoms with Gasteiger partial charge >= 0.3 is 0 Å². The molecule has 0 spiro atoms. The molecule has 0 radical (unpaired) electrons. The second-order valence-corrected chi connectivity index (χ2v) is 9.99. The van der Waals surface area contributed by atoms with Crippen LogP contribution in [-0.4, -0.2) is 28.6 Å². The van der Waals surface area contributed by atoms with Crippen LogP contribution in [0.15, 0.2) is 61.2 Å². The molecule has 0 saturated carbocycles. The van der Waals surface area contributed by atoms with Crippen LogP contribution in [-0.2, 0) is 4.79 Å². The highest BCUT2D eigenvalue weighted by molar-refractivity contribution is 6.30. The summed E-state index contributed by atoms with van der Waals surface area (Å²) in [6.07, 6.45) is 3.05. The highest BCUT2D eigenvalue weighted by atomic mass is 35.5. The minimum absolute atomic E-state index is 0.00956. The molecule has 5 heteroatoms. The molecule has 1 saturated heterocycles. The summed E-state index contributed by atoms with van der Waals surface area (Å²) in [6, 6.07) is 15.0. The summed E-state index contributed by atoms with van der Waals surface area (Å²) in [6.45, 7) is 9.90. The van der Waals surface area contributed by atoms with Gasteiger partial charge in [-0.15, -0.1) is 6.58 Å². The van der Waals surface area contributed by atoms with Gasteiger partial charge in [0.25, 0.3) is 0 Å². The molecule has 2 aromatic rings. The molecule has 2 aromatic carbocycles. The summed E-state index contributed by atoms with van der Waals surface area (Å²) >= 11 is 12.5. The molecular formula is C26H31Cl2NO2. The Balaban J connectivity index is 2.24. The minimum atomic E-state index is -0.611. The molecule has 0 bridgehead atoms. The molecule has 1 N–H and O–H groups in total. The van der Waals surface area contributed by atoms with Gasteiger partial charge in [0.15, 0.2) is 0 Å². The molecule has 0 aliphatic carbocycles. The maximum atomic E-state index is 14.0. The second kappa shape index (κ2) is 9.77. The van der Waals surface area contributed by atoms with Crippen LogP contribution in [0.1, 0.15) is 56.7 Å². The lowest BCUT2D eigenvalue weighted by molar-refractivity contribution is -0.157. The number of aliphatic hydroxyl groups is 1. The van der Waals surface area contributed by atoms with Gasteiger partial charge in [-0.25, -0.2) is 0 Å². The Morgan fingerprint density at radius 3 is 2.39 bits per heavy atom. The van der Waals surface area contributed by atoms with Crippen molar-refractivity contribution < 1.29 is 9.90 Å². The third-order valence-electron chi connectivity index (χ3n) is 6.50. The van der Waals surface area contributed by atoms with Crippen molar-refractivity contribution in [1.29, 1.82) is 0 Å². The molecule has 166 valence electrons. The van der Waals surface area contributed by atoms with E-state index in [-0.39, 0.29) is 36.4 Å². The van der Waals surface area contributed by atoms with Crippen molar-refractivity contribution in [3.8, 4) is 0 Å². The first-order valence-electron chi connectivity index (χ1n) is 10.8. The molecular weight excluding hydrogens is 429 g/mol. The van der Waals surface area contributed by atoms with E-state index >= 15 is 0 Å². The predicted molar refractivity (Wildman–Crippen MR) is 128 cm³/mol. The summed E-state index contributed by atoms with van der Waals surface area (Å²) in [5, 5.41) is 11.6. The lowest BCUT2D eigenvalue weighted by Crippen LogP contribution is -2.57. The number of aliphatic hydroxyl groups excluding tert-OH is 1. The number of amides is 1. The van der Waals surface area contributed by atoms with E-state index in [9.17, 15) is 9.90 Å². The fourth-order valence-corrected chi connectivity index (χ4v) is 5.20. The Morgan fingerprint density at radius 1 is 1.16 bits per heavy atom. The molecule has 2 unspecified atom stereocenters. The maximum absolute atomic E-state index is 14.0. The number of piperidine rings is 1. The van der Waals surface area contributed by atoms with Crippen LogP contribution in [0.5, 0.6) is 0 Å². The summed E-state index contributed by atoms with van der Waals surface area (Å²) in [7, 11) is 0. The Labute approximate surface area is 195 Å². The first-order valence-corrected chi connectivity index (χ1v) is 11.5. The first-order chi connectivity index (χ1) is 14.7. The van der Waals surface area contributed by atoms with Crippen molar-refractivity contribution >= 4 is 29.1 Å². The summed E-state index contributed by atoms with van der Waals surface area (Å²) in [4.78, 5) is 15.9. The van der Waals surface area contributed by atoms with Gasteiger partial charge in [-0.3, -0.25) is 4.79 Å². The number of nitrogens with zero attached hydrogens (tertiary/aromatic N) is 1. The van der Waals surface area contributed by atoms with E-state index in [0.717, 1.165) is 11.1 Å². The van der Waals surface area contributed by atoms with Crippen molar-refractivity contribution in [1.82, 2.24) is 4.90 Å². The van der Waals surface area contributed by atoms with E-state index in [0.29, 0.717) is 22.9 Å². The van der Waals surface area contributed by atoms with Gasteiger partial charge in [0.2, 0.25) is 5.91 Å². The maximum Gasteiger partial charge on any atom is 0.229 e. The third kappa shape index (κ3) is 4.84. The van der Waals surface area contributed by atoms with E-state index in [1.165, 1.54) is 0 Å². The van der Waals surface area contributed by atoms with Crippen molar-refractivity contribution in [2.45, 2.75) is 51.6 Å². The lowest BCUT2D eigenvalue weighted by Gasteiger charge is -2.52. The van der Waals surface area contributed by atoms with Gasteiger partial charge < -0.3 is 10.0 Å². The number of allylic oxidation sites excluding steroid dienone is 1. The number of halogens is 2. The van der Waals surface area contributed by atoms with Crippen LogP contribution in [0.4, 0.5) is 0 Å². The van der Waals surface area contributed by atoms with Crippen molar-refractivity contribution in [2.24, 2.45) is 11.3 Å². The van der Waals surface area contributed by atoms with Gasteiger partial charge in [0.1, 0.15) is 0 Å². The molecule has 31 heavy (non-hydrogen) atoms. The number of hydrogen-bond donors (Lipinski definition) is 1. The molecule has 3 rings (SSSR count). The smallest absolute Gasteiger partial charge is 0.229 e.